The second kappa shape index (κ2) is 11.3. The molecule has 0 aliphatic heterocycles. The number of hydrogen-bond acceptors (Lipinski definition) is 4. The van der Waals surface area contributed by atoms with Crippen LogP contribution in [0.1, 0.15) is 49.4 Å². The second-order valence-corrected chi connectivity index (χ2v) is 7.40. The predicted molar refractivity (Wildman–Crippen MR) is 112 cm³/mol. The van der Waals surface area contributed by atoms with E-state index in [-0.39, 0.29) is 5.91 Å². The van der Waals surface area contributed by atoms with Gasteiger partial charge in [0.05, 0.1) is 12.2 Å². The van der Waals surface area contributed by atoms with E-state index in [1.54, 1.807) is 11.3 Å². The minimum absolute atomic E-state index is 0.0173. The van der Waals surface area contributed by atoms with Gasteiger partial charge in [-0.2, -0.15) is 0 Å². The average Bonchev–Trinajstić information content (AvgIpc) is 3.15. The van der Waals surface area contributed by atoms with Gasteiger partial charge < -0.3 is 16.0 Å². The van der Waals surface area contributed by atoms with Crippen molar-refractivity contribution in [2.24, 2.45) is 4.99 Å². The van der Waals surface area contributed by atoms with Crippen molar-refractivity contribution in [1.29, 1.82) is 0 Å². The molecule has 6 nitrogen and oxygen atoms in total. The number of nitrogens with zero attached hydrogens (tertiary/aromatic N) is 2. The summed E-state index contributed by atoms with van der Waals surface area (Å²) in [7, 11) is 0. The number of amides is 1. The van der Waals surface area contributed by atoms with Gasteiger partial charge in [-0.1, -0.05) is 44.2 Å². The monoisotopic (exact) mass is 387 g/mol. The van der Waals surface area contributed by atoms with Gasteiger partial charge in [0.1, 0.15) is 5.01 Å². The molecule has 0 saturated heterocycles. The van der Waals surface area contributed by atoms with Crippen LogP contribution in [0.2, 0.25) is 0 Å². The highest BCUT2D eigenvalue weighted by Crippen LogP contribution is 2.18. The molecule has 0 aliphatic carbocycles. The Hall–Kier alpha value is -2.41. The number of nitrogens with one attached hydrogen (secondary N) is 3. The molecule has 0 saturated carbocycles. The van der Waals surface area contributed by atoms with Gasteiger partial charge in [-0.15, -0.1) is 11.3 Å². The number of carbonyl (C=O) groups excluding carboxylic acids is 1. The van der Waals surface area contributed by atoms with Crippen LogP contribution >= 0.6 is 11.3 Å². The lowest BCUT2D eigenvalue weighted by molar-refractivity contribution is -0.121. The Kier molecular flexibility index (Phi) is 8.77. The molecule has 0 unspecified atom stereocenters. The van der Waals surface area contributed by atoms with Crippen molar-refractivity contribution in [3.8, 4) is 0 Å². The number of carbonyl (C=O) groups is 1. The van der Waals surface area contributed by atoms with Gasteiger partial charge in [-0.3, -0.25) is 4.79 Å². The first-order chi connectivity index (χ1) is 13.1. The molecule has 146 valence electrons. The number of rotatable bonds is 9. The number of thiazole rings is 1. The number of hydrogen-bond donors (Lipinski definition) is 3. The van der Waals surface area contributed by atoms with E-state index in [0.29, 0.717) is 37.9 Å². The molecule has 2 rings (SSSR count). The van der Waals surface area contributed by atoms with Crippen molar-refractivity contribution in [3.05, 3.63) is 52.0 Å². The third-order valence-corrected chi connectivity index (χ3v) is 4.71. The van der Waals surface area contributed by atoms with Gasteiger partial charge in [-0.05, 0) is 18.4 Å². The minimum Gasteiger partial charge on any atom is -0.357 e. The SMILES string of the molecule is CCNC(=NCc1nc(C(C)C)cs1)NCCC(=O)NCc1ccccc1. The zero-order chi connectivity index (χ0) is 19.5. The Morgan fingerprint density at radius 3 is 2.63 bits per heavy atom. The molecule has 0 radical (unpaired) electrons. The van der Waals surface area contributed by atoms with E-state index in [2.05, 4.69) is 45.2 Å². The fourth-order valence-corrected chi connectivity index (χ4v) is 3.21. The highest BCUT2D eigenvalue weighted by Gasteiger charge is 2.06. The molecule has 0 spiro atoms. The zero-order valence-corrected chi connectivity index (χ0v) is 17.1. The number of aromatic nitrogens is 1. The number of guanidine groups is 1. The summed E-state index contributed by atoms with van der Waals surface area (Å²) in [6.45, 7) is 8.67. The molecule has 27 heavy (non-hydrogen) atoms. The Balaban J connectivity index is 1.75. The maximum Gasteiger partial charge on any atom is 0.222 e. The summed E-state index contributed by atoms with van der Waals surface area (Å²) >= 11 is 1.63. The molecule has 1 aromatic heterocycles. The first-order valence-electron chi connectivity index (χ1n) is 9.35. The largest absolute Gasteiger partial charge is 0.357 e. The van der Waals surface area contributed by atoms with Crippen molar-refractivity contribution in [2.75, 3.05) is 13.1 Å². The first-order valence-corrected chi connectivity index (χ1v) is 10.2. The molecule has 7 heteroatoms. The van der Waals surface area contributed by atoms with Crippen LogP contribution in [-0.2, 0) is 17.9 Å². The summed E-state index contributed by atoms with van der Waals surface area (Å²) in [6.07, 6.45) is 0.395. The molecule has 1 aromatic carbocycles. The van der Waals surface area contributed by atoms with Gasteiger partial charge in [0.15, 0.2) is 5.96 Å². The van der Waals surface area contributed by atoms with Gasteiger partial charge in [0.2, 0.25) is 5.91 Å². The van der Waals surface area contributed by atoms with Gasteiger partial charge in [0, 0.05) is 31.4 Å². The first kappa shape index (κ1) is 20.9. The molecule has 0 aliphatic rings. The van der Waals surface area contributed by atoms with Crippen LogP contribution in [0.25, 0.3) is 0 Å². The molecule has 0 atom stereocenters. The van der Waals surface area contributed by atoms with Crippen LogP contribution in [-0.4, -0.2) is 29.9 Å². The lowest BCUT2D eigenvalue weighted by Crippen LogP contribution is -2.39. The third kappa shape index (κ3) is 7.78. The summed E-state index contributed by atoms with van der Waals surface area (Å²) < 4.78 is 0. The minimum atomic E-state index is 0.0173. The Bertz CT molecular complexity index is 727. The predicted octanol–water partition coefficient (Wildman–Crippen LogP) is 3.03. The van der Waals surface area contributed by atoms with Crippen molar-refractivity contribution < 1.29 is 4.79 Å². The van der Waals surface area contributed by atoms with E-state index in [9.17, 15) is 4.79 Å². The molecule has 0 fully saturated rings. The number of benzene rings is 1. The zero-order valence-electron chi connectivity index (χ0n) is 16.3. The third-order valence-electron chi connectivity index (χ3n) is 3.85. The average molecular weight is 388 g/mol. The van der Waals surface area contributed by atoms with Crippen molar-refractivity contribution >= 4 is 23.2 Å². The van der Waals surface area contributed by atoms with Crippen molar-refractivity contribution in [2.45, 2.75) is 46.2 Å². The van der Waals surface area contributed by atoms with Crippen molar-refractivity contribution in [1.82, 2.24) is 20.9 Å². The smallest absolute Gasteiger partial charge is 0.222 e. The molecule has 2 aromatic rings. The van der Waals surface area contributed by atoms with Gasteiger partial charge in [0.25, 0.3) is 0 Å². The highest BCUT2D eigenvalue weighted by molar-refractivity contribution is 7.09. The quantitative estimate of drug-likeness (QED) is 0.456. The summed E-state index contributed by atoms with van der Waals surface area (Å²) in [5.74, 6) is 1.15. The fourth-order valence-electron chi connectivity index (χ4n) is 2.33. The van der Waals surface area contributed by atoms with E-state index < -0.39 is 0 Å². The second-order valence-electron chi connectivity index (χ2n) is 6.46. The van der Waals surface area contributed by atoms with Crippen LogP contribution in [0.3, 0.4) is 0 Å². The van der Waals surface area contributed by atoms with Crippen LogP contribution in [0, 0.1) is 0 Å². The van der Waals surface area contributed by atoms with Crippen LogP contribution in [0.5, 0.6) is 0 Å². The normalized spacial score (nSPS) is 11.5. The van der Waals surface area contributed by atoms with E-state index >= 15 is 0 Å². The topological polar surface area (TPSA) is 78.4 Å². The summed E-state index contributed by atoms with van der Waals surface area (Å²) in [4.78, 5) is 21.1. The van der Waals surface area contributed by atoms with Gasteiger partial charge >= 0.3 is 0 Å². The molecular formula is C20H29N5OS. The Labute approximate surface area is 165 Å². The van der Waals surface area contributed by atoms with E-state index in [4.69, 9.17) is 0 Å². The van der Waals surface area contributed by atoms with E-state index in [1.807, 2.05) is 37.3 Å². The Morgan fingerprint density at radius 1 is 1.19 bits per heavy atom. The fraction of sp³-hybridized carbons (Fsp3) is 0.450. The molecular weight excluding hydrogens is 358 g/mol. The number of aliphatic imine (C=N–C) groups is 1. The maximum absolute atomic E-state index is 12.0. The Morgan fingerprint density at radius 2 is 1.96 bits per heavy atom. The highest BCUT2D eigenvalue weighted by atomic mass is 32.1. The lowest BCUT2D eigenvalue weighted by atomic mass is 10.2. The van der Waals surface area contributed by atoms with E-state index in [0.717, 1.165) is 22.8 Å². The molecule has 0 bridgehead atoms. The molecule has 3 N–H and O–H groups in total. The molecule has 1 heterocycles. The van der Waals surface area contributed by atoms with E-state index in [1.165, 1.54) is 0 Å². The standard InChI is InChI=1S/C20H29N5OS/c1-4-21-20(24-13-19-25-17(14-27-19)15(2)3)22-11-10-18(26)23-12-16-8-6-5-7-9-16/h5-9,14-15H,4,10-13H2,1-3H3,(H,23,26)(H2,21,22,24). The van der Waals surface area contributed by atoms with Crippen LogP contribution in [0.15, 0.2) is 40.7 Å². The summed E-state index contributed by atoms with van der Waals surface area (Å²) in [6, 6.07) is 9.89. The summed E-state index contributed by atoms with van der Waals surface area (Å²) in [5, 5.41) is 12.4. The van der Waals surface area contributed by atoms with Crippen LogP contribution in [0.4, 0.5) is 0 Å². The maximum atomic E-state index is 12.0. The summed E-state index contributed by atoms with van der Waals surface area (Å²) in [5.41, 5.74) is 2.20. The molecule has 1 amide bonds. The van der Waals surface area contributed by atoms with Crippen molar-refractivity contribution in [3.63, 3.8) is 0 Å². The van der Waals surface area contributed by atoms with Gasteiger partial charge in [-0.25, -0.2) is 9.98 Å². The van der Waals surface area contributed by atoms with Crippen LogP contribution < -0.4 is 16.0 Å². The lowest BCUT2D eigenvalue weighted by Gasteiger charge is -2.11.